The molecule has 0 saturated carbocycles. The zero-order valence-electron chi connectivity index (χ0n) is 13.0. The molecule has 3 nitrogen and oxygen atoms in total. The Balaban J connectivity index is 2.30. The van der Waals surface area contributed by atoms with Crippen LogP contribution in [0.25, 0.3) is 0 Å². The van der Waals surface area contributed by atoms with Gasteiger partial charge in [-0.2, -0.15) is 0 Å². The number of aliphatic hydroxyl groups is 1. The molecule has 1 saturated heterocycles. The van der Waals surface area contributed by atoms with Crippen LogP contribution in [0.5, 0.6) is 0 Å². The lowest BCUT2D eigenvalue weighted by Gasteiger charge is -2.37. The minimum atomic E-state index is -0.168. The fourth-order valence-electron chi connectivity index (χ4n) is 2.86. The summed E-state index contributed by atoms with van der Waals surface area (Å²) in [5.74, 6) is 6.21. The van der Waals surface area contributed by atoms with Gasteiger partial charge in [-0.15, -0.1) is 0 Å². The maximum absolute atomic E-state index is 12.8. The maximum Gasteiger partial charge on any atom is 0.254 e. The molecule has 1 aliphatic rings. The van der Waals surface area contributed by atoms with Gasteiger partial charge in [0.05, 0.1) is 0 Å². The maximum atomic E-state index is 12.8. The van der Waals surface area contributed by atoms with Gasteiger partial charge in [0, 0.05) is 23.7 Å². The van der Waals surface area contributed by atoms with Gasteiger partial charge in [0.1, 0.15) is 6.61 Å². The van der Waals surface area contributed by atoms with Crippen LogP contribution in [0.2, 0.25) is 0 Å². The van der Waals surface area contributed by atoms with Crippen molar-refractivity contribution in [2.24, 2.45) is 5.92 Å². The molecule has 1 N–H and O–H groups in total. The molecule has 2 rings (SSSR count). The summed E-state index contributed by atoms with van der Waals surface area (Å²) in [6.07, 6.45) is 2.25. The van der Waals surface area contributed by atoms with Gasteiger partial charge < -0.3 is 10.0 Å². The number of piperidine rings is 1. The van der Waals surface area contributed by atoms with Crippen LogP contribution in [0, 0.1) is 24.7 Å². The first-order valence-corrected chi connectivity index (χ1v) is 7.55. The van der Waals surface area contributed by atoms with Crippen molar-refractivity contribution in [1.82, 2.24) is 4.90 Å². The number of carbonyl (C=O) groups is 1. The first-order valence-electron chi connectivity index (χ1n) is 7.55. The Morgan fingerprint density at radius 2 is 2.14 bits per heavy atom. The summed E-state index contributed by atoms with van der Waals surface area (Å²) >= 11 is 0. The molecule has 1 aromatic carbocycles. The van der Waals surface area contributed by atoms with Crippen LogP contribution in [0.15, 0.2) is 18.2 Å². The molecule has 21 heavy (non-hydrogen) atoms. The standard InChI is InChI=1S/C18H23NO2/c1-13-9-10-14(2)19(12-13)18(21)17-8-4-6-16(15(17)3)7-5-11-20/h4,6,8,13-14,20H,9-12H2,1-3H3. The van der Waals surface area contributed by atoms with Crippen LogP contribution in [-0.2, 0) is 0 Å². The molecule has 1 heterocycles. The van der Waals surface area contributed by atoms with E-state index in [4.69, 9.17) is 5.11 Å². The second-order valence-corrected chi connectivity index (χ2v) is 5.93. The van der Waals surface area contributed by atoms with Crippen LogP contribution >= 0.6 is 0 Å². The van der Waals surface area contributed by atoms with Gasteiger partial charge in [0.15, 0.2) is 0 Å². The van der Waals surface area contributed by atoms with E-state index in [0.29, 0.717) is 12.0 Å². The fraction of sp³-hybridized carbons (Fsp3) is 0.500. The Morgan fingerprint density at radius 3 is 2.86 bits per heavy atom. The number of rotatable bonds is 1. The normalized spacial score (nSPS) is 21.6. The van der Waals surface area contributed by atoms with Crippen LogP contribution < -0.4 is 0 Å². The van der Waals surface area contributed by atoms with E-state index in [1.807, 2.05) is 30.0 Å². The Kier molecular flexibility index (Phi) is 5.03. The van der Waals surface area contributed by atoms with Gasteiger partial charge in [0.25, 0.3) is 5.91 Å². The average molecular weight is 285 g/mol. The molecule has 0 aliphatic carbocycles. The summed E-state index contributed by atoms with van der Waals surface area (Å²) in [6.45, 7) is 6.90. The number of amides is 1. The minimum absolute atomic E-state index is 0.0965. The number of benzene rings is 1. The molecule has 1 fully saturated rings. The number of carbonyl (C=O) groups excluding carboxylic acids is 1. The third-order valence-electron chi connectivity index (χ3n) is 4.24. The quantitative estimate of drug-likeness (QED) is 0.806. The predicted octanol–water partition coefficient (Wildman–Crippen LogP) is 2.60. The van der Waals surface area contributed by atoms with Crippen LogP contribution in [0.1, 0.15) is 48.2 Å². The SMILES string of the molecule is Cc1c(C#CCO)cccc1C(=O)N1CC(C)CCC1C. The Morgan fingerprint density at radius 1 is 1.38 bits per heavy atom. The topological polar surface area (TPSA) is 40.5 Å². The molecule has 0 bridgehead atoms. The summed E-state index contributed by atoms with van der Waals surface area (Å²) < 4.78 is 0. The van der Waals surface area contributed by atoms with E-state index >= 15 is 0 Å². The Hall–Kier alpha value is -1.79. The molecule has 3 heteroatoms. The third-order valence-corrected chi connectivity index (χ3v) is 4.24. The molecular formula is C18H23NO2. The van der Waals surface area contributed by atoms with Crippen molar-refractivity contribution in [3.05, 3.63) is 34.9 Å². The highest BCUT2D eigenvalue weighted by atomic mass is 16.2. The number of nitrogens with zero attached hydrogens (tertiary/aromatic N) is 1. The van der Waals surface area contributed by atoms with Gasteiger partial charge in [-0.3, -0.25) is 4.79 Å². The van der Waals surface area contributed by atoms with E-state index in [1.54, 1.807) is 0 Å². The van der Waals surface area contributed by atoms with E-state index in [-0.39, 0.29) is 12.5 Å². The molecule has 1 amide bonds. The summed E-state index contributed by atoms with van der Waals surface area (Å²) in [4.78, 5) is 14.8. The molecule has 1 aliphatic heterocycles. The van der Waals surface area contributed by atoms with E-state index in [1.165, 1.54) is 6.42 Å². The number of aliphatic hydroxyl groups excluding tert-OH is 1. The van der Waals surface area contributed by atoms with E-state index in [9.17, 15) is 4.79 Å². The minimum Gasteiger partial charge on any atom is -0.384 e. The van der Waals surface area contributed by atoms with E-state index in [2.05, 4.69) is 25.7 Å². The first-order chi connectivity index (χ1) is 10.0. The highest BCUT2D eigenvalue weighted by Crippen LogP contribution is 2.24. The van der Waals surface area contributed by atoms with Crippen molar-refractivity contribution in [2.45, 2.75) is 39.7 Å². The molecule has 1 aromatic rings. The van der Waals surface area contributed by atoms with Gasteiger partial charge in [-0.25, -0.2) is 0 Å². The summed E-state index contributed by atoms with van der Waals surface area (Å²) in [5, 5.41) is 8.82. The summed E-state index contributed by atoms with van der Waals surface area (Å²) in [6, 6.07) is 5.91. The number of hydrogen-bond acceptors (Lipinski definition) is 2. The zero-order chi connectivity index (χ0) is 15.4. The summed E-state index contributed by atoms with van der Waals surface area (Å²) in [5.41, 5.74) is 2.43. The molecule has 0 radical (unpaired) electrons. The second-order valence-electron chi connectivity index (χ2n) is 5.93. The zero-order valence-corrected chi connectivity index (χ0v) is 13.0. The van der Waals surface area contributed by atoms with Crippen molar-refractivity contribution < 1.29 is 9.90 Å². The van der Waals surface area contributed by atoms with Crippen LogP contribution in [0.4, 0.5) is 0 Å². The van der Waals surface area contributed by atoms with Crippen molar-refractivity contribution in [1.29, 1.82) is 0 Å². The van der Waals surface area contributed by atoms with Crippen LogP contribution in [-0.4, -0.2) is 35.1 Å². The highest BCUT2D eigenvalue weighted by molar-refractivity contribution is 5.96. The first kappa shape index (κ1) is 15.6. The largest absolute Gasteiger partial charge is 0.384 e. The van der Waals surface area contributed by atoms with Crippen molar-refractivity contribution in [3.8, 4) is 11.8 Å². The smallest absolute Gasteiger partial charge is 0.254 e. The van der Waals surface area contributed by atoms with Crippen LogP contribution in [0.3, 0.4) is 0 Å². The molecule has 0 spiro atoms. The van der Waals surface area contributed by atoms with Gasteiger partial charge in [-0.1, -0.05) is 24.8 Å². The molecule has 0 aromatic heterocycles. The average Bonchev–Trinajstić information content (AvgIpc) is 2.48. The second kappa shape index (κ2) is 6.78. The van der Waals surface area contributed by atoms with Crippen molar-refractivity contribution in [3.63, 3.8) is 0 Å². The van der Waals surface area contributed by atoms with Gasteiger partial charge >= 0.3 is 0 Å². The lowest BCUT2D eigenvalue weighted by molar-refractivity contribution is 0.0573. The van der Waals surface area contributed by atoms with Crippen molar-refractivity contribution in [2.75, 3.05) is 13.2 Å². The van der Waals surface area contributed by atoms with Gasteiger partial charge in [0.2, 0.25) is 0 Å². The van der Waals surface area contributed by atoms with Gasteiger partial charge in [-0.05, 0) is 50.3 Å². The Bertz CT molecular complexity index is 583. The number of hydrogen-bond donors (Lipinski definition) is 1. The highest BCUT2D eigenvalue weighted by Gasteiger charge is 2.28. The number of likely N-dealkylation sites (tertiary alicyclic amines) is 1. The Labute approximate surface area is 127 Å². The molecular weight excluding hydrogens is 262 g/mol. The predicted molar refractivity (Wildman–Crippen MR) is 84.0 cm³/mol. The van der Waals surface area contributed by atoms with E-state index in [0.717, 1.165) is 29.7 Å². The van der Waals surface area contributed by atoms with Crippen molar-refractivity contribution >= 4 is 5.91 Å². The molecule has 112 valence electrons. The lowest BCUT2D eigenvalue weighted by Crippen LogP contribution is -2.45. The van der Waals surface area contributed by atoms with E-state index < -0.39 is 0 Å². The fourth-order valence-corrected chi connectivity index (χ4v) is 2.86. The lowest BCUT2D eigenvalue weighted by atomic mass is 9.93. The third kappa shape index (κ3) is 3.46. The molecule has 2 unspecified atom stereocenters. The molecule has 2 atom stereocenters. The monoisotopic (exact) mass is 285 g/mol. The summed E-state index contributed by atoms with van der Waals surface area (Å²) in [7, 11) is 0.